The molecular weight excluding hydrogens is 318 g/mol. The zero-order valence-corrected chi connectivity index (χ0v) is 16.3. The molecule has 0 amide bonds. The van der Waals surface area contributed by atoms with Crippen molar-refractivity contribution < 1.29 is 0 Å². The van der Waals surface area contributed by atoms with Gasteiger partial charge in [0, 0.05) is 58.0 Å². The predicted octanol–water partition coefficient (Wildman–Crippen LogP) is 5.25. The minimum Gasteiger partial charge on any atom is -0.378 e. The zero-order valence-electron chi connectivity index (χ0n) is 16.3. The maximum atomic E-state index is 2.21. The Hall–Kier alpha value is -2.94. The Labute approximate surface area is 157 Å². The van der Waals surface area contributed by atoms with Crippen LogP contribution in [0.2, 0.25) is 0 Å². The van der Waals surface area contributed by atoms with Gasteiger partial charge >= 0.3 is 0 Å². The molecule has 0 aliphatic heterocycles. The van der Waals surface area contributed by atoms with E-state index in [0.29, 0.717) is 0 Å². The van der Waals surface area contributed by atoms with Crippen LogP contribution in [-0.2, 0) is 0 Å². The minimum absolute atomic E-state index is 1.18. The van der Waals surface area contributed by atoms with Crippen molar-refractivity contribution in [3.8, 4) is 11.1 Å². The Bertz CT molecular complexity index is 832. The van der Waals surface area contributed by atoms with Gasteiger partial charge in [-0.25, -0.2) is 0 Å². The molecule has 3 aromatic carbocycles. The number of hydrogen-bond acceptors (Lipinski definition) is 3. The van der Waals surface area contributed by atoms with Crippen molar-refractivity contribution in [3.05, 3.63) is 72.8 Å². The fraction of sp³-hybridized carbons (Fsp3) is 0.217. The summed E-state index contributed by atoms with van der Waals surface area (Å²) in [5.41, 5.74) is 7.25. The highest BCUT2D eigenvalue weighted by molar-refractivity contribution is 5.71. The van der Waals surface area contributed by atoms with Gasteiger partial charge in [0.05, 0.1) is 0 Å². The smallest absolute Gasteiger partial charge is 0.0409 e. The van der Waals surface area contributed by atoms with E-state index in [0.717, 1.165) is 0 Å². The lowest BCUT2D eigenvalue weighted by atomic mass is 10.0. The van der Waals surface area contributed by atoms with Gasteiger partial charge in [-0.2, -0.15) is 0 Å². The fourth-order valence-electron chi connectivity index (χ4n) is 2.95. The van der Waals surface area contributed by atoms with Crippen molar-refractivity contribution in [2.45, 2.75) is 0 Å². The van der Waals surface area contributed by atoms with Crippen LogP contribution in [0.3, 0.4) is 0 Å². The van der Waals surface area contributed by atoms with Gasteiger partial charge in [0.25, 0.3) is 0 Å². The summed E-state index contributed by atoms with van der Waals surface area (Å²) in [6.07, 6.45) is 0. The summed E-state index contributed by atoms with van der Waals surface area (Å²) in [6, 6.07) is 26.0. The van der Waals surface area contributed by atoms with Crippen LogP contribution in [0.4, 0.5) is 22.7 Å². The summed E-state index contributed by atoms with van der Waals surface area (Å²) in [6.45, 7) is 0. The van der Waals surface area contributed by atoms with E-state index in [1.165, 1.54) is 33.9 Å². The van der Waals surface area contributed by atoms with Crippen LogP contribution in [0.25, 0.3) is 11.1 Å². The quantitative estimate of drug-likeness (QED) is 0.625. The monoisotopic (exact) mass is 345 g/mol. The van der Waals surface area contributed by atoms with E-state index in [4.69, 9.17) is 0 Å². The zero-order chi connectivity index (χ0) is 18.7. The van der Waals surface area contributed by atoms with E-state index >= 15 is 0 Å². The van der Waals surface area contributed by atoms with Crippen LogP contribution in [0.1, 0.15) is 0 Å². The van der Waals surface area contributed by atoms with Crippen molar-refractivity contribution in [1.82, 2.24) is 0 Å². The second-order valence-corrected chi connectivity index (χ2v) is 6.96. The Morgan fingerprint density at radius 1 is 0.385 bits per heavy atom. The average Bonchev–Trinajstić information content (AvgIpc) is 2.67. The van der Waals surface area contributed by atoms with Gasteiger partial charge in [0.15, 0.2) is 0 Å². The lowest BCUT2D eigenvalue weighted by Gasteiger charge is -2.21. The van der Waals surface area contributed by atoms with Gasteiger partial charge in [-0.15, -0.1) is 0 Å². The van der Waals surface area contributed by atoms with Crippen LogP contribution in [0.15, 0.2) is 72.8 Å². The lowest BCUT2D eigenvalue weighted by molar-refractivity contribution is 1.13. The molecule has 3 aromatic rings. The van der Waals surface area contributed by atoms with Crippen molar-refractivity contribution in [2.24, 2.45) is 0 Å². The summed E-state index contributed by atoms with van der Waals surface area (Å²) in [5.74, 6) is 0. The number of benzene rings is 3. The van der Waals surface area contributed by atoms with E-state index < -0.39 is 0 Å². The number of rotatable bonds is 5. The Balaban J connectivity index is 1.78. The first-order valence-electron chi connectivity index (χ1n) is 8.84. The highest BCUT2D eigenvalue weighted by Gasteiger charge is 2.06. The molecule has 0 N–H and O–H groups in total. The molecule has 0 spiro atoms. The molecule has 0 aliphatic carbocycles. The molecular formula is C23H27N3. The number of anilines is 4. The molecule has 0 aliphatic rings. The molecule has 0 atom stereocenters. The first-order valence-corrected chi connectivity index (χ1v) is 8.84. The predicted molar refractivity (Wildman–Crippen MR) is 115 cm³/mol. The summed E-state index contributed by atoms with van der Waals surface area (Å²) in [5, 5.41) is 0. The molecule has 0 aromatic heterocycles. The molecule has 3 rings (SSSR count). The number of hydrogen-bond donors (Lipinski definition) is 0. The highest BCUT2D eigenvalue weighted by atomic mass is 15.1. The van der Waals surface area contributed by atoms with Crippen LogP contribution >= 0.6 is 0 Å². The Morgan fingerprint density at radius 3 is 1.00 bits per heavy atom. The maximum Gasteiger partial charge on any atom is 0.0409 e. The fourth-order valence-corrected chi connectivity index (χ4v) is 2.95. The topological polar surface area (TPSA) is 9.72 Å². The molecule has 3 heteroatoms. The Morgan fingerprint density at radius 2 is 0.654 bits per heavy atom. The van der Waals surface area contributed by atoms with Crippen molar-refractivity contribution >= 4 is 22.7 Å². The molecule has 134 valence electrons. The molecule has 0 saturated carbocycles. The summed E-state index contributed by atoms with van der Waals surface area (Å²) in [7, 11) is 10.3. The van der Waals surface area contributed by atoms with Crippen LogP contribution < -0.4 is 14.7 Å². The van der Waals surface area contributed by atoms with Crippen molar-refractivity contribution in [3.63, 3.8) is 0 Å². The first-order chi connectivity index (χ1) is 12.5. The van der Waals surface area contributed by atoms with E-state index in [1.54, 1.807) is 0 Å². The van der Waals surface area contributed by atoms with E-state index in [2.05, 4.69) is 123 Å². The second kappa shape index (κ2) is 7.52. The first kappa shape index (κ1) is 17.9. The SMILES string of the molecule is CN(C)c1ccc(-c2ccc(N(C)c3ccc(N(C)C)cc3)cc2)cc1. The summed E-state index contributed by atoms with van der Waals surface area (Å²) >= 11 is 0. The molecule has 0 fully saturated rings. The summed E-state index contributed by atoms with van der Waals surface area (Å²) in [4.78, 5) is 6.43. The van der Waals surface area contributed by atoms with Gasteiger partial charge in [0.1, 0.15) is 0 Å². The van der Waals surface area contributed by atoms with Gasteiger partial charge in [-0.05, 0) is 59.7 Å². The minimum atomic E-state index is 1.18. The largest absolute Gasteiger partial charge is 0.378 e. The molecule has 0 unspecified atom stereocenters. The van der Waals surface area contributed by atoms with E-state index in [9.17, 15) is 0 Å². The molecule has 3 nitrogen and oxygen atoms in total. The third-order valence-electron chi connectivity index (χ3n) is 4.73. The Kier molecular flexibility index (Phi) is 5.17. The molecule has 26 heavy (non-hydrogen) atoms. The molecule has 0 saturated heterocycles. The van der Waals surface area contributed by atoms with Crippen LogP contribution in [-0.4, -0.2) is 35.2 Å². The van der Waals surface area contributed by atoms with E-state index in [1.807, 2.05) is 0 Å². The molecule has 0 heterocycles. The standard InChI is InChI=1S/C23H27N3/c1-24(2)20-10-6-18(7-11-20)19-8-12-22(13-9-19)26(5)23-16-14-21(15-17-23)25(3)4/h6-17H,1-5H3. The van der Waals surface area contributed by atoms with Gasteiger partial charge in [-0.1, -0.05) is 24.3 Å². The van der Waals surface area contributed by atoms with Crippen LogP contribution in [0, 0.1) is 0 Å². The van der Waals surface area contributed by atoms with Crippen LogP contribution in [0.5, 0.6) is 0 Å². The number of nitrogens with zero attached hydrogens (tertiary/aromatic N) is 3. The van der Waals surface area contributed by atoms with Gasteiger partial charge in [-0.3, -0.25) is 0 Å². The van der Waals surface area contributed by atoms with Gasteiger partial charge in [0.2, 0.25) is 0 Å². The average molecular weight is 345 g/mol. The third-order valence-corrected chi connectivity index (χ3v) is 4.73. The maximum absolute atomic E-state index is 2.21. The highest BCUT2D eigenvalue weighted by Crippen LogP contribution is 2.29. The molecule has 0 bridgehead atoms. The lowest BCUT2D eigenvalue weighted by Crippen LogP contribution is -2.11. The second-order valence-electron chi connectivity index (χ2n) is 6.96. The van der Waals surface area contributed by atoms with Crippen molar-refractivity contribution in [1.29, 1.82) is 0 Å². The third kappa shape index (κ3) is 3.83. The van der Waals surface area contributed by atoms with E-state index in [-0.39, 0.29) is 0 Å². The summed E-state index contributed by atoms with van der Waals surface area (Å²) < 4.78 is 0. The van der Waals surface area contributed by atoms with Gasteiger partial charge < -0.3 is 14.7 Å². The normalized spacial score (nSPS) is 10.5. The molecule has 0 radical (unpaired) electrons. The van der Waals surface area contributed by atoms with Crippen molar-refractivity contribution in [2.75, 3.05) is 49.9 Å².